The van der Waals surface area contributed by atoms with Crippen molar-refractivity contribution >= 4 is 11.6 Å². The van der Waals surface area contributed by atoms with E-state index in [1.807, 2.05) is 0 Å². The molecule has 88 valence electrons. The van der Waals surface area contributed by atoms with Crippen LogP contribution in [0.2, 0.25) is 0 Å². The fourth-order valence-electron chi connectivity index (χ4n) is 1.21. The molecular weight excluding hydrogens is 208 g/mol. The zero-order chi connectivity index (χ0) is 12.1. The molecule has 1 aromatic carbocycles. The summed E-state index contributed by atoms with van der Waals surface area (Å²) in [7, 11) is 1.52. The van der Waals surface area contributed by atoms with E-state index in [-0.39, 0.29) is 18.6 Å². The Morgan fingerprint density at radius 3 is 2.88 bits per heavy atom. The summed E-state index contributed by atoms with van der Waals surface area (Å²) in [5.74, 6) is 0.244. The van der Waals surface area contributed by atoms with E-state index in [2.05, 4.69) is 5.32 Å². The molecule has 1 rings (SSSR count). The Labute approximate surface area is 94.2 Å². The molecule has 1 amide bonds. The minimum atomic E-state index is -0.321. The highest BCUT2D eigenvalue weighted by atomic mass is 16.5. The number of nitrogen functional groups attached to an aromatic ring is 1. The summed E-state index contributed by atoms with van der Waals surface area (Å²) in [6.07, 6.45) is 0. The van der Waals surface area contributed by atoms with E-state index >= 15 is 0 Å². The molecule has 5 nitrogen and oxygen atoms in total. The first-order valence-electron chi connectivity index (χ1n) is 4.93. The van der Waals surface area contributed by atoms with E-state index < -0.39 is 0 Å². The van der Waals surface area contributed by atoms with Crippen LogP contribution in [0.4, 0.5) is 5.69 Å². The summed E-state index contributed by atoms with van der Waals surface area (Å²) in [4.78, 5) is 11.7. The first-order chi connectivity index (χ1) is 7.58. The second-order valence-corrected chi connectivity index (χ2v) is 3.51. The van der Waals surface area contributed by atoms with Crippen LogP contribution < -0.4 is 15.8 Å². The molecule has 0 spiro atoms. The maximum atomic E-state index is 11.7. The number of hydrogen-bond donors (Lipinski definition) is 3. The number of aliphatic hydroxyl groups is 1. The molecule has 0 aliphatic rings. The maximum Gasteiger partial charge on any atom is 0.253 e. The molecular formula is C11H16N2O3. The molecule has 0 bridgehead atoms. The number of aliphatic hydroxyl groups excluding tert-OH is 1. The topological polar surface area (TPSA) is 84.6 Å². The van der Waals surface area contributed by atoms with Gasteiger partial charge in [0, 0.05) is 11.7 Å². The Morgan fingerprint density at radius 2 is 2.31 bits per heavy atom. The Bertz CT molecular complexity index is 379. The second kappa shape index (κ2) is 5.37. The molecule has 1 atom stereocenters. The lowest BCUT2D eigenvalue weighted by molar-refractivity contribution is 0.0923. The first-order valence-corrected chi connectivity index (χ1v) is 4.93. The van der Waals surface area contributed by atoms with Gasteiger partial charge in [0.25, 0.3) is 5.91 Å². The summed E-state index contributed by atoms with van der Waals surface area (Å²) in [6, 6.07) is 4.55. The predicted octanol–water partition coefficient (Wildman–Crippen LogP) is 0.388. The molecule has 0 aliphatic heterocycles. The van der Waals surface area contributed by atoms with Gasteiger partial charge in [0.05, 0.1) is 19.3 Å². The molecule has 0 saturated heterocycles. The van der Waals surface area contributed by atoms with Gasteiger partial charge in [0.1, 0.15) is 5.75 Å². The van der Waals surface area contributed by atoms with Gasteiger partial charge in [-0.15, -0.1) is 0 Å². The van der Waals surface area contributed by atoms with E-state index in [9.17, 15) is 4.79 Å². The third kappa shape index (κ3) is 2.87. The van der Waals surface area contributed by atoms with Crippen molar-refractivity contribution < 1.29 is 14.6 Å². The van der Waals surface area contributed by atoms with Gasteiger partial charge in [0.2, 0.25) is 0 Å². The van der Waals surface area contributed by atoms with Gasteiger partial charge in [-0.2, -0.15) is 0 Å². The lowest BCUT2D eigenvalue weighted by atomic mass is 10.1. The quantitative estimate of drug-likeness (QED) is 0.646. The van der Waals surface area contributed by atoms with Crippen LogP contribution in [-0.2, 0) is 0 Å². The number of hydrogen-bond acceptors (Lipinski definition) is 4. The molecule has 0 radical (unpaired) electrons. The van der Waals surface area contributed by atoms with Crippen LogP contribution in [0.25, 0.3) is 0 Å². The van der Waals surface area contributed by atoms with E-state index in [0.29, 0.717) is 17.0 Å². The fraction of sp³-hybridized carbons (Fsp3) is 0.364. The third-order valence-electron chi connectivity index (χ3n) is 2.16. The molecule has 4 N–H and O–H groups in total. The van der Waals surface area contributed by atoms with Gasteiger partial charge in [-0.25, -0.2) is 0 Å². The summed E-state index contributed by atoms with van der Waals surface area (Å²) >= 11 is 0. The van der Waals surface area contributed by atoms with Crippen LogP contribution in [-0.4, -0.2) is 30.8 Å². The van der Waals surface area contributed by atoms with Gasteiger partial charge in [0.15, 0.2) is 0 Å². The number of carbonyl (C=O) groups is 1. The van der Waals surface area contributed by atoms with E-state index in [0.717, 1.165) is 0 Å². The summed E-state index contributed by atoms with van der Waals surface area (Å²) in [5.41, 5.74) is 6.41. The molecule has 0 aromatic heterocycles. The average molecular weight is 224 g/mol. The number of rotatable bonds is 4. The van der Waals surface area contributed by atoms with Gasteiger partial charge >= 0.3 is 0 Å². The number of carbonyl (C=O) groups excluding carboxylic acids is 1. The van der Waals surface area contributed by atoms with E-state index in [1.165, 1.54) is 7.11 Å². The van der Waals surface area contributed by atoms with Crippen molar-refractivity contribution in [3.8, 4) is 5.75 Å². The van der Waals surface area contributed by atoms with E-state index in [1.54, 1.807) is 25.1 Å². The van der Waals surface area contributed by atoms with Crippen LogP contribution in [0.3, 0.4) is 0 Å². The maximum absolute atomic E-state index is 11.7. The molecule has 0 fully saturated rings. The Balaban J connectivity index is 2.89. The number of benzene rings is 1. The van der Waals surface area contributed by atoms with Crippen molar-refractivity contribution in [2.45, 2.75) is 13.0 Å². The van der Waals surface area contributed by atoms with Crippen LogP contribution in [0.15, 0.2) is 18.2 Å². The van der Waals surface area contributed by atoms with Gasteiger partial charge in [-0.05, 0) is 25.1 Å². The van der Waals surface area contributed by atoms with Crippen LogP contribution in [0.5, 0.6) is 5.75 Å². The highest BCUT2D eigenvalue weighted by Crippen LogP contribution is 2.19. The standard InChI is InChI=1S/C11H16N2O3/c1-7(6-14)13-11(15)9-5-8(16-2)3-4-10(9)12/h3-5,7,14H,6,12H2,1-2H3,(H,13,15)/t7-/m1/s1. The smallest absolute Gasteiger partial charge is 0.253 e. The number of ether oxygens (including phenoxy) is 1. The minimum Gasteiger partial charge on any atom is -0.497 e. The molecule has 5 heteroatoms. The van der Waals surface area contributed by atoms with Crippen LogP contribution in [0, 0.1) is 0 Å². The van der Waals surface area contributed by atoms with Crippen molar-refractivity contribution in [1.29, 1.82) is 0 Å². The Morgan fingerprint density at radius 1 is 1.62 bits per heavy atom. The van der Waals surface area contributed by atoms with Gasteiger partial charge in [-0.3, -0.25) is 4.79 Å². The highest BCUT2D eigenvalue weighted by molar-refractivity contribution is 5.99. The van der Waals surface area contributed by atoms with Crippen LogP contribution in [0.1, 0.15) is 17.3 Å². The van der Waals surface area contributed by atoms with Crippen molar-refractivity contribution in [1.82, 2.24) is 5.32 Å². The predicted molar refractivity (Wildman–Crippen MR) is 61.4 cm³/mol. The third-order valence-corrected chi connectivity index (χ3v) is 2.16. The van der Waals surface area contributed by atoms with Crippen molar-refractivity contribution in [2.75, 3.05) is 19.5 Å². The number of amides is 1. The highest BCUT2D eigenvalue weighted by Gasteiger charge is 2.12. The summed E-state index contributed by atoms with van der Waals surface area (Å²) in [5, 5.41) is 11.4. The minimum absolute atomic E-state index is 0.115. The number of nitrogens with one attached hydrogen (secondary N) is 1. The van der Waals surface area contributed by atoms with Crippen molar-refractivity contribution in [3.05, 3.63) is 23.8 Å². The number of nitrogens with two attached hydrogens (primary N) is 1. The Kier molecular flexibility index (Phi) is 4.13. The lowest BCUT2D eigenvalue weighted by Crippen LogP contribution is -2.35. The molecule has 0 aliphatic carbocycles. The largest absolute Gasteiger partial charge is 0.497 e. The van der Waals surface area contributed by atoms with Gasteiger partial charge in [-0.1, -0.05) is 0 Å². The number of methoxy groups -OCH3 is 1. The van der Waals surface area contributed by atoms with E-state index in [4.69, 9.17) is 15.6 Å². The fourth-order valence-corrected chi connectivity index (χ4v) is 1.21. The lowest BCUT2D eigenvalue weighted by Gasteiger charge is -2.12. The zero-order valence-corrected chi connectivity index (χ0v) is 9.36. The monoisotopic (exact) mass is 224 g/mol. The Hall–Kier alpha value is -1.75. The van der Waals surface area contributed by atoms with Gasteiger partial charge < -0.3 is 20.9 Å². The summed E-state index contributed by atoms with van der Waals surface area (Å²) in [6.45, 7) is 1.59. The van der Waals surface area contributed by atoms with Crippen LogP contribution >= 0.6 is 0 Å². The molecule has 0 heterocycles. The SMILES string of the molecule is COc1ccc(N)c(C(=O)N[C@H](C)CO)c1. The average Bonchev–Trinajstić information content (AvgIpc) is 2.29. The molecule has 16 heavy (non-hydrogen) atoms. The summed E-state index contributed by atoms with van der Waals surface area (Å²) < 4.78 is 5.01. The zero-order valence-electron chi connectivity index (χ0n) is 9.36. The molecule has 1 aromatic rings. The first kappa shape index (κ1) is 12.3. The molecule has 0 saturated carbocycles. The molecule has 0 unspecified atom stereocenters. The van der Waals surface area contributed by atoms with Crippen molar-refractivity contribution in [3.63, 3.8) is 0 Å². The normalized spacial score (nSPS) is 11.9. The number of anilines is 1. The second-order valence-electron chi connectivity index (χ2n) is 3.51. The van der Waals surface area contributed by atoms with Crippen molar-refractivity contribution in [2.24, 2.45) is 0 Å².